The molecule has 2 fully saturated rings. The molecule has 2 aliphatic heterocycles. The van der Waals surface area contributed by atoms with Crippen LogP contribution in [0.2, 0.25) is 0 Å². The Labute approximate surface area is 132 Å². The lowest BCUT2D eigenvalue weighted by molar-refractivity contribution is -0.129. The number of likely N-dealkylation sites (tertiary alicyclic amines) is 1. The molecule has 2 saturated heterocycles. The van der Waals surface area contributed by atoms with E-state index >= 15 is 0 Å². The van der Waals surface area contributed by atoms with Crippen LogP contribution in [0.3, 0.4) is 0 Å². The van der Waals surface area contributed by atoms with Gasteiger partial charge in [-0.05, 0) is 31.2 Å². The third-order valence-corrected chi connectivity index (χ3v) is 4.74. The number of piperidine rings is 1. The molecule has 0 aromatic carbocycles. The van der Waals surface area contributed by atoms with E-state index in [1.807, 2.05) is 33.4 Å². The minimum Gasteiger partial charge on any atom is -0.348 e. The van der Waals surface area contributed by atoms with E-state index in [4.69, 9.17) is 0 Å². The van der Waals surface area contributed by atoms with Gasteiger partial charge in [-0.1, -0.05) is 0 Å². The van der Waals surface area contributed by atoms with Gasteiger partial charge in [-0.15, -0.1) is 0 Å². The average molecular weight is 303 g/mol. The molecule has 120 valence electrons. The molecule has 1 amide bonds. The molecule has 0 bridgehead atoms. The van der Waals surface area contributed by atoms with Crippen LogP contribution >= 0.6 is 0 Å². The van der Waals surface area contributed by atoms with Crippen molar-refractivity contribution in [2.75, 3.05) is 45.2 Å². The van der Waals surface area contributed by atoms with Crippen LogP contribution in [-0.2, 0) is 4.79 Å². The topological polar surface area (TPSA) is 52.6 Å². The molecule has 3 heterocycles. The molecular weight excluding hydrogens is 278 g/mol. The van der Waals surface area contributed by atoms with Crippen LogP contribution in [0.1, 0.15) is 18.4 Å². The normalized spacial score (nSPS) is 25.1. The van der Waals surface area contributed by atoms with E-state index in [-0.39, 0.29) is 5.91 Å². The number of carbonyl (C=O) groups excluding carboxylic acids is 1. The molecule has 0 radical (unpaired) electrons. The van der Waals surface area contributed by atoms with Gasteiger partial charge in [0.25, 0.3) is 0 Å². The van der Waals surface area contributed by atoms with Crippen molar-refractivity contribution >= 4 is 11.9 Å². The SMILES string of the molecule is Cc1cnc(N2CCC[C@@H]3CN(CC(=O)N(C)C)C[C@@H]32)nc1. The number of hydrogen-bond donors (Lipinski definition) is 0. The summed E-state index contributed by atoms with van der Waals surface area (Å²) in [5.74, 6) is 1.63. The minimum absolute atomic E-state index is 0.178. The van der Waals surface area contributed by atoms with Crippen LogP contribution in [0.15, 0.2) is 12.4 Å². The average Bonchev–Trinajstić information content (AvgIpc) is 2.90. The number of hydrogen-bond acceptors (Lipinski definition) is 5. The Balaban J connectivity index is 1.70. The molecule has 3 rings (SSSR count). The molecule has 6 nitrogen and oxygen atoms in total. The van der Waals surface area contributed by atoms with E-state index in [9.17, 15) is 4.79 Å². The summed E-state index contributed by atoms with van der Waals surface area (Å²) in [4.78, 5) is 27.2. The second-order valence-electron chi connectivity index (χ2n) is 6.71. The van der Waals surface area contributed by atoms with Crippen molar-refractivity contribution in [3.05, 3.63) is 18.0 Å². The Morgan fingerprint density at radius 1 is 1.32 bits per heavy atom. The first kappa shape index (κ1) is 15.2. The fraction of sp³-hybridized carbons (Fsp3) is 0.688. The lowest BCUT2D eigenvalue weighted by Gasteiger charge is -2.37. The summed E-state index contributed by atoms with van der Waals surface area (Å²) in [5, 5.41) is 0. The second kappa shape index (κ2) is 6.20. The number of aromatic nitrogens is 2. The Bertz CT molecular complexity index is 530. The predicted molar refractivity (Wildman–Crippen MR) is 85.8 cm³/mol. The zero-order chi connectivity index (χ0) is 15.7. The van der Waals surface area contributed by atoms with Crippen molar-refractivity contribution in [3.63, 3.8) is 0 Å². The van der Waals surface area contributed by atoms with Crippen LogP contribution in [0.25, 0.3) is 0 Å². The number of rotatable bonds is 3. The number of aryl methyl sites for hydroxylation is 1. The molecule has 0 aliphatic carbocycles. The first-order valence-electron chi connectivity index (χ1n) is 8.02. The van der Waals surface area contributed by atoms with Crippen LogP contribution in [0, 0.1) is 12.8 Å². The molecule has 2 aliphatic rings. The van der Waals surface area contributed by atoms with Crippen molar-refractivity contribution in [1.82, 2.24) is 19.8 Å². The highest BCUT2D eigenvalue weighted by Gasteiger charge is 2.40. The maximum Gasteiger partial charge on any atom is 0.236 e. The van der Waals surface area contributed by atoms with Crippen molar-refractivity contribution in [2.45, 2.75) is 25.8 Å². The molecular formula is C16H25N5O. The van der Waals surface area contributed by atoms with E-state index < -0.39 is 0 Å². The Morgan fingerprint density at radius 2 is 2.05 bits per heavy atom. The molecule has 0 unspecified atom stereocenters. The van der Waals surface area contributed by atoms with E-state index in [1.54, 1.807) is 4.90 Å². The summed E-state index contributed by atoms with van der Waals surface area (Å²) in [7, 11) is 3.63. The molecule has 2 atom stereocenters. The van der Waals surface area contributed by atoms with Crippen LogP contribution in [0.4, 0.5) is 5.95 Å². The Morgan fingerprint density at radius 3 is 2.73 bits per heavy atom. The molecule has 1 aromatic rings. The van der Waals surface area contributed by atoms with Crippen LogP contribution in [-0.4, -0.2) is 72.0 Å². The van der Waals surface area contributed by atoms with Gasteiger partial charge in [-0.2, -0.15) is 0 Å². The fourth-order valence-corrected chi connectivity index (χ4v) is 3.51. The quantitative estimate of drug-likeness (QED) is 0.826. The maximum atomic E-state index is 11.9. The van der Waals surface area contributed by atoms with Gasteiger partial charge in [0.2, 0.25) is 11.9 Å². The van der Waals surface area contributed by atoms with Gasteiger partial charge in [0.05, 0.1) is 6.54 Å². The third-order valence-electron chi connectivity index (χ3n) is 4.74. The highest BCUT2D eigenvalue weighted by Crippen LogP contribution is 2.32. The molecule has 1 aromatic heterocycles. The summed E-state index contributed by atoms with van der Waals surface area (Å²) in [5.41, 5.74) is 1.09. The first-order valence-corrected chi connectivity index (χ1v) is 8.02. The third kappa shape index (κ3) is 3.06. The Kier molecular flexibility index (Phi) is 4.29. The largest absolute Gasteiger partial charge is 0.348 e. The summed E-state index contributed by atoms with van der Waals surface area (Å²) >= 11 is 0. The highest BCUT2D eigenvalue weighted by atomic mass is 16.2. The lowest BCUT2D eigenvalue weighted by atomic mass is 9.92. The number of fused-ring (bicyclic) bond motifs is 1. The second-order valence-corrected chi connectivity index (χ2v) is 6.71. The van der Waals surface area contributed by atoms with Crippen molar-refractivity contribution in [1.29, 1.82) is 0 Å². The zero-order valence-corrected chi connectivity index (χ0v) is 13.7. The number of anilines is 1. The molecule has 6 heteroatoms. The number of carbonyl (C=O) groups is 1. The monoisotopic (exact) mass is 303 g/mol. The zero-order valence-electron chi connectivity index (χ0n) is 13.7. The van der Waals surface area contributed by atoms with E-state index in [0.29, 0.717) is 18.5 Å². The van der Waals surface area contributed by atoms with Gasteiger partial charge < -0.3 is 9.80 Å². The number of nitrogens with zero attached hydrogens (tertiary/aromatic N) is 5. The smallest absolute Gasteiger partial charge is 0.236 e. The van der Waals surface area contributed by atoms with Gasteiger partial charge >= 0.3 is 0 Å². The van der Waals surface area contributed by atoms with Crippen molar-refractivity contribution < 1.29 is 4.79 Å². The summed E-state index contributed by atoms with van der Waals surface area (Å²) in [6.45, 7) is 5.48. The van der Waals surface area contributed by atoms with E-state index in [2.05, 4.69) is 19.8 Å². The van der Waals surface area contributed by atoms with Gasteiger partial charge in [-0.3, -0.25) is 9.69 Å². The maximum absolute atomic E-state index is 11.9. The van der Waals surface area contributed by atoms with Crippen LogP contribution in [0.5, 0.6) is 0 Å². The minimum atomic E-state index is 0.178. The van der Waals surface area contributed by atoms with Gasteiger partial charge in [0.1, 0.15) is 0 Å². The fourth-order valence-electron chi connectivity index (χ4n) is 3.51. The number of likely N-dealkylation sites (N-methyl/N-ethyl adjacent to an activating group) is 1. The standard InChI is InChI=1S/C16H25N5O/c1-12-7-17-16(18-8-12)21-6-4-5-13-9-20(10-14(13)21)11-15(22)19(2)3/h7-8,13-14H,4-6,9-11H2,1-3H3/t13-,14+/m1/s1. The molecule has 0 N–H and O–H groups in total. The molecule has 0 saturated carbocycles. The van der Waals surface area contributed by atoms with Crippen molar-refractivity contribution in [3.8, 4) is 0 Å². The molecule has 0 spiro atoms. The Hall–Kier alpha value is -1.69. The van der Waals surface area contributed by atoms with Gasteiger partial charge in [-0.25, -0.2) is 9.97 Å². The lowest BCUT2D eigenvalue weighted by Crippen LogP contribution is -2.46. The number of amides is 1. The van der Waals surface area contributed by atoms with E-state index in [1.165, 1.54) is 12.8 Å². The summed E-state index contributed by atoms with van der Waals surface area (Å²) < 4.78 is 0. The predicted octanol–water partition coefficient (Wildman–Crippen LogP) is 0.774. The summed E-state index contributed by atoms with van der Waals surface area (Å²) in [6.07, 6.45) is 6.18. The van der Waals surface area contributed by atoms with Crippen LogP contribution < -0.4 is 4.90 Å². The highest BCUT2D eigenvalue weighted by molar-refractivity contribution is 5.77. The molecule has 22 heavy (non-hydrogen) atoms. The summed E-state index contributed by atoms with van der Waals surface area (Å²) in [6, 6.07) is 0.436. The van der Waals surface area contributed by atoms with Gasteiger partial charge in [0.15, 0.2) is 0 Å². The van der Waals surface area contributed by atoms with E-state index in [0.717, 1.165) is 31.1 Å². The first-order chi connectivity index (χ1) is 10.5. The van der Waals surface area contributed by atoms with Gasteiger partial charge in [0, 0.05) is 52.2 Å². The van der Waals surface area contributed by atoms with Crippen molar-refractivity contribution in [2.24, 2.45) is 5.92 Å².